The number of esters is 1. The lowest BCUT2D eigenvalue weighted by Gasteiger charge is -2.24. The van der Waals surface area contributed by atoms with E-state index in [1.165, 1.54) is 0 Å². The molecule has 1 aromatic carbocycles. The molecule has 0 radical (unpaired) electrons. The molecule has 1 aliphatic heterocycles. The first kappa shape index (κ1) is 15.7. The van der Waals surface area contributed by atoms with Gasteiger partial charge in [-0.25, -0.2) is 4.68 Å². The topological polar surface area (TPSA) is 79.1 Å². The first-order valence-electron chi connectivity index (χ1n) is 7.50. The number of aromatic nitrogens is 4. The Morgan fingerprint density at radius 3 is 3.22 bits per heavy atom. The SMILES string of the molecule is CCCn1nnnc1COC(=O)[C@H]1COc2ccc(Cl)cc2C1. The molecule has 0 N–H and O–H groups in total. The second-order valence-electron chi connectivity index (χ2n) is 5.39. The third-order valence-electron chi connectivity index (χ3n) is 3.65. The fourth-order valence-electron chi connectivity index (χ4n) is 2.48. The van der Waals surface area contributed by atoms with Crippen LogP contribution < -0.4 is 4.74 Å². The largest absolute Gasteiger partial charge is 0.492 e. The highest BCUT2D eigenvalue weighted by Gasteiger charge is 2.27. The number of nitrogens with zero attached hydrogens (tertiary/aromatic N) is 4. The average molecular weight is 337 g/mol. The van der Waals surface area contributed by atoms with Crippen molar-refractivity contribution in [1.82, 2.24) is 20.2 Å². The van der Waals surface area contributed by atoms with Crippen molar-refractivity contribution in [1.29, 1.82) is 0 Å². The maximum absolute atomic E-state index is 12.2. The molecular weight excluding hydrogens is 320 g/mol. The Bertz CT molecular complexity index is 704. The maximum Gasteiger partial charge on any atom is 0.313 e. The molecule has 1 aliphatic rings. The van der Waals surface area contributed by atoms with Gasteiger partial charge in [-0.1, -0.05) is 18.5 Å². The fourth-order valence-corrected chi connectivity index (χ4v) is 2.67. The number of hydrogen-bond acceptors (Lipinski definition) is 6. The molecular formula is C15H17ClN4O3. The minimum Gasteiger partial charge on any atom is -0.492 e. The first-order valence-corrected chi connectivity index (χ1v) is 7.88. The van der Waals surface area contributed by atoms with Crippen LogP contribution in [-0.2, 0) is 29.1 Å². The number of carbonyl (C=O) groups excluding carboxylic acids is 1. The number of fused-ring (bicyclic) bond motifs is 1. The summed E-state index contributed by atoms with van der Waals surface area (Å²) in [6.07, 6.45) is 1.45. The van der Waals surface area contributed by atoms with E-state index in [1.807, 2.05) is 19.1 Å². The van der Waals surface area contributed by atoms with E-state index in [4.69, 9.17) is 21.1 Å². The molecule has 0 bridgehead atoms. The standard InChI is InChI=1S/C15H17ClN4O3/c1-2-5-20-14(17-18-19-20)9-23-15(21)11-6-10-7-12(16)3-4-13(10)22-8-11/h3-4,7,11H,2,5-6,8-9H2,1H3/t11-/m1/s1. The normalized spacial score (nSPS) is 16.5. The smallest absolute Gasteiger partial charge is 0.313 e. The molecule has 0 spiro atoms. The van der Waals surface area contributed by atoms with Gasteiger partial charge in [0.05, 0.1) is 5.92 Å². The summed E-state index contributed by atoms with van der Waals surface area (Å²) >= 11 is 5.98. The zero-order valence-electron chi connectivity index (χ0n) is 12.7. The summed E-state index contributed by atoms with van der Waals surface area (Å²) in [6.45, 7) is 3.08. The third-order valence-corrected chi connectivity index (χ3v) is 3.88. The zero-order chi connectivity index (χ0) is 16.2. The van der Waals surface area contributed by atoms with Crippen LogP contribution in [-0.4, -0.2) is 32.8 Å². The van der Waals surface area contributed by atoms with Crippen LogP contribution in [0.3, 0.4) is 0 Å². The molecule has 3 rings (SSSR count). The summed E-state index contributed by atoms with van der Waals surface area (Å²) in [5.74, 6) is 0.642. The van der Waals surface area contributed by atoms with Gasteiger partial charge in [0.2, 0.25) is 0 Å². The van der Waals surface area contributed by atoms with Gasteiger partial charge in [-0.15, -0.1) is 5.10 Å². The minimum atomic E-state index is -0.350. The molecule has 0 saturated carbocycles. The minimum absolute atomic E-state index is 0.0603. The predicted molar refractivity (Wildman–Crippen MR) is 82.0 cm³/mol. The van der Waals surface area contributed by atoms with E-state index in [0.717, 1.165) is 17.7 Å². The number of benzene rings is 1. The second kappa shape index (κ2) is 6.95. The summed E-state index contributed by atoms with van der Waals surface area (Å²) in [4.78, 5) is 12.2. The molecule has 122 valence electrons. The van der Waals surface area contributed by atoms with Gasteiger partial charge >= 0.3 is 5.97 Å². The molecule has 23 heavy (non-hydrogen) atoms. The summed E-state index contributed by atoms with van der Waals surface area (Å²) < 4.78 is 12.6. The van der Waals surface area contributed by atoms with Gasteiger partial charge in [0.1, 0.15) is 12.4 Å². The number of carbonyl (C=O) groups is 1. The van der Waals surface area contributed by atoms with Crippen LogP contribution in [0.1, 0.15) is 24.7 Å². The third kappa shape index (κ3) is 3.61. The van der Waals surface area contributed by atoms with E-state index >= 15 is 0 Å². The van der Waals surface area contributed by atoms with Gasteiger partial charge in [0.15, 0.2) is 12.4 Å². The number of rotatable bonds is 5. The molecule has 2 aromatic rings. The van der Waals surface area contributed by atoms with Gasteiger partial charge in [-0.3, -0.25) is 4.79 Å². The monoisotopic (exact) mass is 336 g/mol. The Labute approximate surface area is 138 Å². The molecule has 0 aliphatic carbocycles. The maximum atomic E-state index is 12.2. The van der Waals surface area contributed by atoms with Crippen LogP contribution in [0.2, 0.25) is 5.02 Å². The van der Waals surface area contributed by atoms with E-state index in [1.54, 1.807) is 10.7 Å². The lowest BCUT2D eigenvalue weighted by atomic mass is 9.97. The van der Waals surface area contributed by atoms with Crippen LogP contribution in [0.15, 0.2) is 18.2 Å². The highest BCUT2D eigenvalue weighted by atomic mass is 35.5. The van der Waals surface area contributed by atoms with Crippen molar-refractivity contribution >= 4 is 17.6 Å². The Morgan fingerprint density at radius 1 is 1.52 bits per heavy atom. The fraction of sp³-hybridized carbons (Fsp3) is 0.467. The van der Waals surface area contributed by atoms with Crippen LogP contribution in [0.4, 0.5) is 0 Å². The van der Waals surface area contributed by atoms with Crippen molar-refractivity contribution in [3.63, 3.8) is 0 Å². The quantitative estimate of drug-likeness (QED) is 0.777. The second-order valence-corrected chi connectivity index (χ2v) is 5.83. The van der Waals surface area contributed by atoms with Crippen LogP contribution in [0.5, 0.6) is 5.75 Å². The first-order chi connectivity index (χ1) is 11.2. The number of halogens is 1. The van der Waals surface area contributed by atoms with Gasteiger partial charge in [-0.05, 0) is 47.0 Å². The summed E-state index contributed by atoms with van der Waals surface area (Å²) in [5, 5.41) is 12.0. The van der Waals surface area contributed by atoms with Crippen molar-refractivity contribution < 1.29 is 14.3 Å². The lowest BCUT2D eigenvalue weighted by molar-refractivity contribution is -0.151. The highest BCUT2D eigenvalue weighted by Crippen LogP contribution is 2.30. The lowest BCUT2D eigenvalue weighted by Crippen LogP contribution is -2.30. The van der Waals surface area contributed by atoms with Gasteiger partial charge in [0.25, 0.3) is 0 Å². The molecule has 8 heteroatoms. The Hall–Kier alpha value is -2.15. The van der Waals surface area contributed by atoms with Crippen LogP contribution in [0.25, 0.3) is 0 Å². The summed E-state index contributed by atoms with van der Waals surface area (Å²) in [6, 6.07) is 5.41. The molecule has 1 aromatic heterocycles. The molecule has 1 atom stereocenters. The van der Waals surface area contributed by atoms with Gasteiger partial charge < -0.3 is 9.47 Å². The molecule has 7 nitrogen and oxygen atoms in total. The predicted octanol–water partition coefficient (Wildman–Crippen LogP) is 2.03. The van der Waals surface area contributed by atoms with E-state index < -0.39 is 0 Å². The van der Waals surface area contributed by atoms with Crippen molar-refractivity contribution in [2.75, 3.05) is 6.61 Å². The van der Waals surface area contributed by atoms with Crippen LogP contribution >= 0.6 is 11.6 Å². The molecule has 0 amide bonds. The van der Waals surface area contributed by atoms with Crippen molar-refractivity contribution in [2.24, 2.45) is 5.92 Å². The number of tetrazole rings is 1. The Kier molecular flexibility index (Phi) is 4.76. The molecule has 2 heterocycles. The van der Waals surface area contributed by atoms with Gasteiger partial charge in [-0.2, -0.15) is 0 Å². The van der Waals surface area contributed by atoms with Crippen LogP contribution in [0, 0.1) is 5.92 Å². The number of hydrogen-bond donors (Lipinski definition) is 0. The van der Waals surface area contributed by atoms with E-state index in [2.05, 4.69) is 15.5 Å². The zero-order valence-corrected chi connectivity index (χ0v) is 13.5. The summed E-state index contributed by atoms with van der Waals surface area (Å²) in [7, 11) is 0. The molecule has 0 unspecified atom stereocenters. The average Bonchev–Trinajstić information content (AvgIpc) is 2.99. The van der Waals surface area contributed by atoms with Crippen molar-refractivity contribution in [2.45, 2.75) is 32.9 Å². The van der Waals surface area contributed by atoms with E-state index in [9.17, 15) is 4.79 Å². The Balaban J connectivity index is 1.60. The van der Waals surface area contributed by atoms with E-state index in [-0.39, 0.29) is 18.5 Å². The van der Waals surface area contributed by atoms with Crippen molar-refractivity contribution in [3.8, 4) is 5.75 Å². The Morgan fingerprint density at radius 2 is 2.39 bits per heavy atom. The summed E-state index contributed by atoms with van der Waals surface area (Å²) in [5.41, 5.74) is 0.918. The van der Waals surface area contributed by atoms with Crippen molar-refractivity contribution in [3.05, 3.63) is 34.6 Å². The number of aryl methyl sites for hydroxylation is 1. The van der Waals surface area contributed by atoms with Gasteiger partial charge in [0, 0.05) is 11.6 Å². The number of ether oxygens (including phenoxy) is 2. The highest BCUT2D eigenvalue weighted by molar-refractivity contribution is 6.30. The van der Waals surface area contributed by atoms with E-state index in [0.29, 0.717) is 30.4 Å². The molecule has 0 fully saturated rings. The molecule has 0 saturated heterocycles.